The molecule has 2 fully saturated rings. The van der Waals surface area contributed by atoms with Crippen molar-refractivity contribution in [3.05, 3.63) is 52.6 Å². The molecule has 1 aromatic rings. The topological polar surface area (TPSA) is 6.48 Å². The molecule has 4 rings (SSSR count). The van der Waals surface area contributed by atoms with E-state index < -0.39 is 0 Å². The number of allylic oxidation sites excluding steroid dienone is 4. The van der Waals surface area contributed by atoms with Crippen LogP contribution in [-0.4, -0.2) is 41.4 Å². The Bertz CT molecular complexity index is 712. The van der Waals surface area contributed by atoms with Gasteiger partial charge in [0, 0.05) is 24.0 Å². The molecule has 0 bridgehead atoms. The first-order chi connectivity index (χ1) is 13.6. The third kappa shape index (κ3) is 4.75. The van der Waals surface area contributed by atoms with Gasteiger partial charge in [0.25, 0.3) is 0 Å². The average molecular weight is 397 g/mol. The van der Waals surface area contributed by atoms with E-state index in [9.17, 15) is 0 Å². The van der Waals surface area contributed by atoms with Gasteiger partial charge in [0.2, 0.25) is 0 Å². The Kier molecular flexibility index (Phi) is 6.65. The molecule has 0 spiro atoms. The average Bonchev–Trinajstić information content (AvgIpc) is 2.72. The zero-order valence-corrected chi connectivity index (χ0v) is 18.7. The molecule has 2 nitrogen and oxygen atoms in total. The Labute approximate surface area is 176 Å². The van der Waals surface area contributed by atoms with Crippen LogP contribution in [0.25, 0.3) is 0 Å². The number of hydrogen-bond acceptors (Lipinski definition) is 3. The number of piperidine rings is 2. The number of benzene rings is 1. The maximum atomic E-state index is 2.80. The summed E-state index contributed by atoms with van der Waals surface area (Å²) in [6.07, 6.45) is 15.1. The van der Waals surface area contributed by atoms with Crippen molar-refractivity contribution in [2.75, 3.05) is 26.2 Å². The van der Waals surface area contributed by atoms with Crippen LogP contribution in [0, 0.1) is 26.7 Å². The predicted octanol–water partition coefficient (Wildman–Crippen LogP) is 6.07. The lowest BCUT2D eigenvalue weighted by Crippen LogP contribution is -2.46. The fourth-order valence-electron chi connectivity index (χ4n) is 5.27. The molecule has 0 atom stereocenters. The van der Waals surface area contributed by atoms with E-state index >= 15 is 0 Å². The molecule has 0 amide bonds. The number of hydrogen-bond donors (Lipinski definition) is 0. The summed E-state index contributed by atoms with van der Waals surface area (Å²) in [6, 6.07) is 5.45. The van der Waals surface area contributed by atoms with Gasteiger partial charge in [0.15, 0.2) is 0 Å². The smallest absolute Gasteiger partial charge is 0.0288 e. The Balaban J connectivity index is 1.26. The van der Waals surface area contributed by atoms with E-state index in [1.165, 1.54) is 86.3 Å². The fraction of sp³-hybridized carbons (Fsp3) is 0.600. The third-order valence-corrected chi connectivity index (χ3v) is 8.24. The number of aryl methyl sites for hydroxylation is 3. The minimum Gasteiger partial charge on any atom is -0.300 e. The van der Waals surface area contributed by atoms with Gasteiger partial charge in [-0.15, -0.1) is 0 Å². The lowest BCUT2D eigenvalue weighted by molar-refractivity contribution is 0.106. The van der Waals surface area contributed by atoms with Crippen LogP contribution in [0.4, 0.5) is 0 Å². The van der Waals surface area contributed by atoms with Gasteiger partial charge < -0.3 is 4.90 Å². The van der Waals surface area contributed by atoms with E-state index in [0.29, 0.717) is 0 Å². The molecule has 0 saturated carbocycles. The molecule has 28 heavy (non-hydrogen) atoms. The molecule has 2 heterocycles. The lowest BCUT2D eigenvalue weighted by atomic mass is 9.85. The number of likely N-dealkylation sites (tertiary alicyclic amines) is 1. The van der Waals surface area contributed by atoms with Crippen LogP contribution in [0.5, 0.6) is 0 Å². The van der Waals surface area contributed by atoms with Crippen molar-refractivity contribution in [3.63, 3.8) is 0 Å². The van der Waals surface area contributed by atoms with Gasteiger partial charge >= 0.3 is 0 Å². The van der Waals surface area contributed by atoms with Crippen LogP contribution < -0.4 is 0 Å². The molecule has 1 aliphatic carbocycles. The van der Waals surface area contributed by atoms with E-state index in [-0.39, 0.29) is 0 Å². The maximum absolute atomic E-state index is 2.80. The highest BCUT2D eigenvalue weighted by atomic mass is 32.2. The summed E-state index contributed by atoms with van der Waals surface area (Å²) in [6.45, 7) is 11.7. The van der Waals surface area contributed by atoms with E-state index in [1.807, 2.05) is 11.9 Å². The molecule has 152 valence electrons. The molecule has 3 aliphatic rings. The molecule has 3 heteroatoms. The molecular formula is C25H36N2S. The summed E-state index contributed by atoms with van der Waals surface area (Å²) in [7, 11) is 0. The van der Waals surface area contributed by atoms with Crippen molar-refractivity contribution in [1.29, 1.82) is 0 Å². The van der Waals surface area contributed by atoms with Crippen molar-refractivity contribution in [1.82, 2.24) is 9.21 Å². The van der Waals surface area contributed by atoms with Gasteiger partial charge in [-0.25, -0.2) is 4.31 Å². The van der Waals surface area contributed by atoms with Crippen LogP contribution in [0.15, 0.2) is 40.8 Å². The summed E-state index contributed by atoms with van der Waals surface area (Å²) in [5.74, 6) is 0.816. The Hall–Kier alpha value is -1.03. The Morgan fingerprint density at radius 1 is 0.857 bits per heavy atom. The summed E-state index contributed by atoms with van der Waals surface area (Å²) in [5, 5.41) is 0. The summed E-state index contributed by atoms with van der Waals surface area (Å²) < 4.78 is 2.60. The molecular weight excluding hydrogens is 360 g/mol. The van der Waals surface area contributed by atoms with Crippen molar-refractivity contribution < 1.29 is 0 Å². The van der Waals surface area contributed by atoms with Gasteiger partial charge in [0.05, 0.1) is 0 Å². The highest BCUT2D eigenvalue weighted by Crippen LogP contribution is 2.34. The third-order valence-electron chi connectivity index (χ3n) is 6.79. The molecule has 0 aromatic heterocycles. The predicted molar refractivity (Wildman–Crippen MR) is 122 cm³/mol. The van der Waals surface area contributed by atoms with E-state index in [4.69, 9.17) is 0 Å². The summed E-state index contributed by atoms with van der Waals surface area (Å²) in [5.41, 5.74) is 5.86. The first kappa shape index (κ1) is 20.3. The van der Waals surface area contributed by atoms with Gasteiger partial charge in [-0.05, 0) is 107 Å². The SMILES string of the molecule is Cc1cc(C)c(SN2CCC(N3CCC(C4=CCCC=C4)CC3)CC2)c(C)c1. The van der Waals surface area contributed by atoms with E-state index in [1.54, 1.807) is 5.57 Å². The minimum atomic E-state index is 0.800. The van der Waals surface area contributed by atoms with Crippen molar-refractivity contribution in [3.8, 4) is 0 Å². The first-order valence-corrected chi connectivity index (χ1v) is 12.0. The van der Waals surface area contributed by atoms with Crippen LogP contribution in [-0.2, 0) is 0 Å². The lowest BCUT2D eigenvalue weighted by Gasteiger charge is -2.42. The minimum absolute atomic E-state index is 0.800. The van der Waals surface area contributed by atoms with Gasteiger partial charge in [-0.2, -0.15) is 0 Å². The van der Waals surface area contributed by atoms with Crippen LogP contribution >= 0.6 is 11.9 Å². The molecule has 2 saturated heterocycles. The monoisotopic (exact) mass is 396 g/mol. The van der Waals surface area contributed by atoms with E-state index in [2.05, 4.69) is 60.3 Å². The van der Waals surface area contributed by atoms with E-state index in [0.717, 1.165) is 12.0 Å². The number of nitrogens with zero attached hydrogens (tertiary/aromatic N) is 2. The van der Waals surface area contributed by atoms with Crippen molar-refractivity contribution in [2.24, 2.45) is 5.92 Å². The second kappa shape index (κ2) is 9.19. The second-order valence-electron chi connectivity index (χ2n) is 8.97. The summed E-state index contributed by atoms with van der Waals surface area (Å²) >= 11 is 1.99. The largest absolute Gasteiger partial charge is 0.300 e. The van der Waals surface area contributed by atoms with Crippen LogP contribution in [0.1, 0.15) is 55.2 Å². The maximum Gasteiger partial charge on any atom is 0.0288 e. The van der Waals surface area contributed by atoms with Gasteiger partial charge in [0.1, 0.15) is 0 Å². The standard InChI is InChI=1S/C25H36N2S/c1-19-17-20(2)25(21(3)18-19)28-27-15-11-24(12-16-27)26-13-9-23(10-14-26)22-7-5-4-6-8-22/h5,7-8,17-18,23-24H,4,6,9-16H2,1-3H3. The highest BCUT2D eigenvalue weighted by molar-refractivity contribution is 7.97. The molecule has 0 N–H and O–H groups in total. The van der Waals surface area contributed by atoms with Crippen molar-refractivity contribution in [2.45, 2.75) is 70.2 Å². The van der Waals surface area contributed by atoms with Crippen molar-refractivity contribution >= 4 is 11.9 Å². The molecule has 1 aromatic carbocycles. The first-order valence-electron chi connectivity index (χ1n) is 11.2. The van der Waals surface area contributed by atoms with Crippen LogP contribution in [0.2, 0.25) is 0 Å². The Morgan fingerprint density at radius 2 is 1.54 bits per heavy atom. The second-order valence-corrected chi connectivity index (χ2v) is 10.1. The van der Waals surface area contributed by atoms with Gasteiger partial charge in [-0.3, -0.25) is 0 Å². The zero-order chi connectivity index (χ0) is 19.5. The van der Waals surface area contributed by atoms with Gasteiger partial charge in [-0.1, -0.05) is 35.9 Å². The summed E-state index contributed by atoms with van der Waals surface area (Å²) in [4.78, 5) is 4.27. The molecule has 2 aliphatic heterocycles. The molecule has 0 radical (unpaired) electrons. The highest BCUT2D eigenvalue weighted by Gasteiger charge is 2.29. The zero-order valence-electron chi connectivity index (χ0n) is 17.9. The Morgan fingerprint density at radius 3 is 2.14 bits per heavy atom. The quantitative estimate of drug-likeness (QED) is 0.570. The fourth-order valence-corrected chi connectivity index (χ4v) is 6.33. The molecule has 0 unspecified atom stereocenters. The van der Waals surface area contributed by atoms with Crippen LogP contribution in [0.3, 0.4) is 0 Å². The number of rotatable bonds is 4. The normalized spacial score (nSPS) is 23.2.